The molecular weight excluding hydrogens is 254 g/mol. The molecule has 1 heterocycles. The fraction of sp³-hybridized carbons (Fsp3) is 0.733. The number of hydrogen-bond acceptors (Lipinski definition) is 3. The van der Waals surface area contributed by atoms with Crippen molar-refractivity contribution in [2.45, 2.75) is 52.0 Å². The number of aromatic nitrogens is 2. The van der Waals surface area contributed by atoms with Gasteiger partial charge >= 0.3 is 0 Å². The monoisotopic (exact) mass is 279 g/mol. The van der Waals surface area contributed by atoms with Crippen molar-refractivity contribution in [2.75, 3.05) is 20.3 Å². The van der Waals surface area contributed by atoms with Gasteiger partial charge in [0, 0.05) is 26.0 Å². The van der Waals surface area contributed by atoms with E-state index in [1.807, 2.05) is 13.8 Å². The largest absolute Gasteiger partial charge is 0.385 e. The summed E-state index contributed by atoms with van der Waals surface area (Å²) in [4.78, 5) is 16.9. The number of hydrogen-bond donors (Lipinski definition) is 1. The van der Waals surface area contributed by atoms with Crippen molar-refractivity contribution in [3.05, 3.63) is 17.2 Å². The summed E-state index contributed by atoms with van der Waals surface area (Å²) < 4.78 is 7.09. The van der Waals surface area contributed by atoms with Crippen LogP contribution in [-0.2, 0) is 22.4 Å². The highest BCUT2D eigenvalue weighted by atomic mass is 16.5. The Balaban J connectivity index is 2.03. The van der Waals surface area contributed by atoms with E-state index in [1.54, 1.807) is 7.11 Å². The Hall–Kier alpha value is -1.36. The van der Waals surface area contributed by atoms with Gasteiger partial charge < -0.3 is 14.6 Å². The molecule has 20 heavy (non-hydrogen) atoms. The second-order valence-electron chi connectivity index (χ2n) is 5.44. The minimum atomic E-state index is -0.188. The van der Waals surface area contributed by atoms with E-state index in [9.17, 15) is 4.79 Å². The van der Waals surface area contributed by atoms with Crippen molar-refractivity contribution in [3.63, 3.8) is 0 Å². The number of nitrogens with zero attached hydrogens (tertiary/aromatic N) is 2. The second kappa shape index (κ2) is 6.88. The fourth-order valence-electron chi connectivity index (χ4n) is 2.90. The van der Waals surface area contributed by atoms with Gasteiger partial charge in [0.05, 0.1) is 5.69 Å². The van der Waals surface area contributed by atoms with Gasteiger partial charge in [0.25, 0.3) is 0 Å². The van der Waals surface area contributed by atoms with E-state index in [0.29, 0.717) is 13.2 Å². The molecule has 1 atom stereocenters. The van der Waals surface area contributed by atoms with Crippen LogP contribution in [0.1, 0.15) is 49.4 Å². The topological polar surface area (TPSA) is 56.1 Å². The molecule has 1 unspecified atom stereocenters. The lowest BCUT2D eigenvalue weighted by atomic mass is 10.0. The van der Waals surface area contributed by atoms with Crippen molar-refractivity contribution in [2.24, 2.45) is 0 Å². The third-order valence-corrected chi connectivity index (χ3v) is 3.94. The Kier molecular flexibility index (Phi) is 5.17. The zero-order valence-corrected chi connectivity index (χ0v) is 12.7. The van der Waals surface area contributed by atoms with Crippen molar-refractivity contribution in [1.29, 1.82) is 0 Å². The molecule has 1 aromatic heterocycles. The Labute approximate surface area is 120 Å². The van der Waals surface area contributed by atoms with E-state index in [0.717, 1.165) is 25.1 Å². The average molecular weight is 279 g/mol. The standard InChI is InChI=1S/C15H25N3O2/c1-11(15(19)16-9-6-10-20-3)18-12(2)17-13-7-4-5-8-14(13)18/h11H,4-10H2,1-3H3,(H,16,19). The maximum absolute atomic E-state index is 12.2. The molecule has 1 N–H and O–H groups in total. The summed E-state index contributed by atoms with van der Waals surface area (Å²) in [7, 11) is 1.67. The molecule has 0 spiro atoms. The van der Waals surface area contributed by atoms with E-state index >= 15 is 0 Å². The smallest absolute Gasteiger partial charge is 0.242 e. The van der Waals surface area contributed by atoms with Gasteiger partial charge in [-0.15, -0.1) is 0 Å². The van der Waals surface area contributed by atoms with Crippen molar-refractivity contribution < 1.29 is 9.53 Å². The molecular formula is C15H25N3O2. The summed E-state index contributed by atoms with van der Waals surface area (Å²) in [5.41, 5.74) is 2.45. The number of fused-ring (bicyclic) bond motifs is 1. The molecule has 0 bridgehead atoms. The van der Waals surface area contributed by atoms with Crippen LogP contribution >= 0.6 is 0 Å². The number of aryl methyl sites for hydroxylation is 2. The second-order valence-corrected chi connectivity index (χ2v) is 5.44. The van der Waals surface area contributed by atoms with Crippen molar-refractivity contribution in [3.8, 4) is 0 Å². The molecule has 1 aliphatic rings. The van der Waals surface area contributed by atoms with E-state index in [1.165, 1.54) is 24.2 Å². The van der Waals surface area contributed by atoms with Gasteiger partial charge in [0.1, 0.15) is 11.9 Å². The zero-order valence-electron chi connectivity index (χ0n) is 12.7. The lowest BCUT2D eigenvalue weighted by molar-refractivity contribution is -0.124. The van der Waals surface area contributed by atoms with E-state index in [-0.39, 0.29) is 11.9 Å². The molecule has 112 valence electrons. The van der Waals surface area contributed by atoms with Crippen LogP contribution < -0.4 is 5.32 Å². The molecule has 0 radical (unpaired) electrons. The summed E-state index contributed by atoms with van der Waals surface area (Å²) in [5.74, 6) is 1.02. The van der Waals surface area contributed by atoms with Crippen LogP contribution in [-0.4, -0.2) is 35.7 Å². The molecule has 0 aliphatic heterocycles. The lowest BCUT2D eigenvalue weighted by Crippen LogP contribution is -2.33. The first-order valence-electron chi connectivity index (χ1n) is 7.48. The number of ether oxygens (including phenoxy) is 1. The molecule has 0 fully saturated rings. The lowest BCUT2D eigenvalue weighted by Gasteiger charge is -2.20. The molecule has 2 rings (SSSR count). The van der Waals surface area contributed by atoms with Gasteiger partial charge in [-0.25, -0.2) is 4.98 Å². The van der Waals surface area contributed by atoms with E-state index in [4.69, 9.17) is 4.74 Å². The van der Waals surface area contributed by atoms with Crippen molar-refractivity contribution in [1.82, 2.24) is 14.9 Å². The van der Waals surface area contributed by atoms with Gasteiger partial charge in [-0.05, 0) is 46.0 Å². The zero-order chi connectivity index (χ0) is 14.5. The number of rotatable bonds is 6. The molecule has 1 aliphatic carbocycles. The van der Waals surface area contributed by atoms with Gasteiger partial charge in [-0.2, -0.15) is 0 Å². The number of methoxy groups -OCH3 is 1. The summed E-state index contributed by atoms with van der Waals surface area (Å²) in [6, 6.07) is -0.188. The Morgan fingerprint density at radius 1 is 1.45 bits per heavy atom. The highest BCUT2D eigenvalue weighted by molar-refractivity contribution is 5.80. The molecule has 0 aromatic carbocycles. The number of amides is 1. The maximum Gasteiger partial charge on any atom is 0.242 e. The van der Waals surface area contributed by atoms with Crippen LogP contribution in [0.3, 0.4) is 0 Å². The van der Waals surface area contributed by atoms with Gasteiger partial charge in [0.2, 0.25) is 5.91 Å². The number of nitrogens with one attached hydrogen (secondary N) is 1. The molecule has 0 saturated carbocycles. The van der Waals surface area contributed by atoms with Crippen LogP contribution in [0.15, 0.2) is 0 Å². The Morgan fingerprint density at radius 2 is 2.20 bits per heavy atom. The maximum atomic E-state index is 12.2. The van der Waals surface area contributed by atoms with Gasteiger partial charge in [0.15, 0.2) is 0 Å². The number of carbonyl (C=O) groups excluding carboxylic acids is 1. The average Bonchev–Trinajstić information content (AvgIpc) is 2.78. The van der Waals surface area contributed by atoms with Gasteiger partial charge in [-0.1, -0.05) is 0 Å². The summed E-state index contributed by atoms with van der Waals surface area (Å²) in [5, 5.41) is 2.97. The van der Waals surface area contributed by atoms with Crippen LogP contribution in [0.4, 0.5) is 0 Å². The number of imidazole rings is 1. The Bertz CT molecular complexity index is 468. The minimum Gasteiger partial charge on any atom is -0.385 e. The first kappa shape index (κ1) is 15.0. The van der Waals surface area contributed by atoms with E-state index < -0.39 is 0 Å². The predicted molar refractivity (Wildman–Crippen MR) is 77.8 cm³/mol. The minimum absolute atomic E-state index is 0.0648. The molecule has 1 amide bonds. The van der Waals surface area contributed by atoms with E-state index in [2.05, 4.69) is 14.9 Å². The first-order chi connectivity index (χ1) is 9.65. The molecule has 0 saturated heterocycles. The molecule has 1 aromatic rings. The SMILES string of the molecule is COCCCNC(=O)C(C)n1c(C)nc2c1CCCC2. The van der Waals surface area contributed by atoms with Crippen LogP contribution in [0.2, 0.25) is 0 Å². The van der Waals surface area contributed by atoms with Crippen LogP contribution in [0.25, 0.3) is 0 Å². The fourth-order valence-corrected chi connectivity index (χ4v) is 2.90. The third-order valence-electron chi connectivity index (χ3n) is 3.94. The van der Waals surface area contributed by atoms with Crippen LogP contribution in [0.5, 0.6) is 0 Å². The summed E-state index contributed by atoms with van der Waals surface area (Å²) in [6.45, 7) is 5.28. The van der Waals surface area contributed by atoms with Crippen LogP contribution in [0, 0.1) is 6.92 Å². The Morgan fingerprint density at radius 3 is 2.95 bits per heavy atom. The quantitative estimate of drug-likeness (QED) is 0.808. The third kappa shape index (κ3) is 3.20. The number of carbonyl (C=O) groups is 1. The summed E-state index contributed by atoms with van der Waals surface area (Å²) >= 11 is 0. The highest BCUT2D eigenvalue weighted by Crippen LogP contribution is 2.25. The highest BCUT2D eigenvalue weighted by Gasteiger charge is 2.24. The normalized spacial score (nSPS) is 15.8. The molecule has 5 heteroatoms. The van der Waals surface area contributed by atoms with Crippen molar-refractivity contribution >= 4 is 5.91 Å². The predicted octanol–water partition coefficient (Wildman–Crippen LogP) is 1.78. The van der Waals surface area contributed by atoms with Gasteiger partial charge in [-0.3, -0.25) is 4.79 Å². The summed E-state index contributed by atoms with van der Waals surface area (Å²) in [6.07, 6.45) is 5.33. The molecule has 5 nitrogen and oxygen atoms in total. The first-order valence-corrected chi connectivity index (χ1v) is 7.48.